The van der Waals surface area contributed by atoms with Crippen LogP contribution in [0.3, 0.4) is 0 Å². The van der Waals surface area contributed by atoms with Crippen LogP contribution in [0.1, 0.15) is 25.3 Å². The van der Waals surface area contributed by atoms with Gasteiger partial charge in [0.15, 0.2) is 17.6 Å². The average molecular weight is 305 g/mol. The van der Waals surface area contributed by atoms with Gasteiger partial charge in [0, 0.05) is 6.04 Å². The van der Waals surface area contributed by atoms with E-state index in [2.05, 4.69) is 5.32 Å². The number of ether oxygens (including phenoxy) is 3. The van der Waals surface area contributed by atoms with Crippen LogP contribution in [0.25, 0.3) is 0 Å². The Kier molecular flexibility index (Phi) is 4.18. The Hall–Kier alpha value is -2.24. The van der Waals surface area contributed by atoms with Gasteiger partial charge in [-0.2, -0.15) is 0 Å². The van der Waals surface area contributed by atoms with Gasteiger partial charge in [-0.1, -0.05) is 6.07 Å². The van der Waals surface area contributed by atoms with Crippen LogP contribution in [0.15, 0.2) is 18.2 Å². The standard InChI is InChI=1S/C16H19NO5/c1-10(16(19)17-12-3-4-12)22-15(18)9-11-2-5-13-14(8-11)21-7-6-20-13/h2,5,8,10,12H,3-4,6-7,9H2,1H3,(H,17,19). The van der Waals surface area contributed by atoms with Gasteiger partial charge >= 0.3 is 5.97 Å². The third-order valence-corrected chi connectivity index (χ3v) is 3.56. The van der Waals surface area contributed by atoms with Crippen LogP contribution in [0.4, 0.5) is 0 Å². The molecule has 0 bridgehead atoms. The second kappa shape index (κ2) is 6.25. The highest BCUT2D eigenvalue weighted by Crippen LogP contribution is 2.30. The number of nitrogens with one attached hydrogen (secondary N) is 1. The molecule has 0 saturated heterocycles. The molecule has 1 N–H and O–H groups in total. The number of hydrogen-bond donors (Lipinski definition) is 1. The molecule has 1 amide bonds. The zero-order chi connectivity index (χ0) is 15.5. The summed E-state index contributed by atoms with van der Waals surface area (Å²) in [6.45, 7) is 2.61. The van der Waals surface area contributed by atoms with E-state index in [-0.39, 0.29) is 18.4 Å². The van der Waals surface area contributed by atoms with E-state index in [9.17, 15) is 9.59 Å². The number of fused-ring (bicyclic) bond motifs is 1. The highest BCUT2D eigenvalue weighted by atomic mass is 16.6. The largest absolute Gasteiger partial charge is 0.486 e. The number of rotatable bonds is 5. The topological polar surface area (TPSA) is 73.9 Å². The predicted molar refractivity (Wildman–Crippen MR) is 77.9 cm³/mol. The summed E-state index contributed by atoms with van der Waals surface area (Å²) in [6, 6.07) is 5.60. The number of carbonyl (C=O) groups is 2. The molecule has 2 aliphatic rings. The summed E-state index contributed by atoms with van der Waals surface area (Å²) >= 11 is 0. The molecular formula is C16H19NO5. The van der Waals surface area contributed by atoms with Gasteiger partial charge < -0.3 is 19.5 Å². The van der Waals surface area contributed by atoms with E-state index in [1.807, 2.05) is 0 Å². The van der Waals surface area contributed by atoms with Crippen molar-refractivity contribution in [3.8, 4) is 11.5 Å². The van der Waals surface area contributed by atoms with E-state index in [1.54, 1.807) is 25.1 Å². The fraction of sp³-hybridized carbons (Fsp3) is 0.500. The van der Waals surface area contributed by atoms with E-state index in [0.29, 0.717) is 24.7 Å². The molecule has 1 heterocycles. The van der Waals surface area contributed by atoms with Crippen LogP contribution in [0.5, 0.6) is 11.5 Å². The smallest absolute Gasteiger partial charge is 0.311 e. The normalized spacial score (nSPS) is 17.5. The molecule has 6 heteroatoms. The van der Waals surface area contributed by atoms with E-state index in [0.717, 1.165) is 18.4 Å². The molecule has 1 fully saturated rings. The van der Waals surface area contributed by atoms with Crippen molar-refractivity contribution < 1.29 is 23.8 Å². The second-order valence-corrected chi connectivity index (χ2v) is 5.57. The summed E-state index contributed by atoms with van der Waals surface area (Å²) < 4.78 is 16.1. The first-order valence-electron chi connectivity index (χ1n) is 7.50. The molecule has 0 radical (unpaired) electrons. The number of amides is 1. The highest BCUT2D eigenvalue weighted by Gasteiger charge is 2.27. The molecule has 3 rings (SSSR count). The van der Waals surface area contributed by atoms with E-state index < -0.39 is 12.1 Å². The maximum atomic E-state index is 11.9. The van der Waals surface area contributed by atoms with E-state index in [4.69, 9.17) is 14.2 Å². The lowest BCUT2D eigenvalue weighted by atomic mass is 10.1. The van der Waals surface area contributed by atoms with Gasteiger partial charge in [0.05, 0.1) is 6.42 Å². The summed E-state index contributed by atoms with van der Waals surface area (Å²) in [6.07, 6.45) is 1.33. The first-order valence-corrected chi connectivity index (χ1v) is 7.50. The lowest BCUT2D eigenvalue weighted by Gasteiger charge is -2.19. The van der Waals surface area contributed by atoms with Gasteiger partial charge in [-0.3, -0.25) is 9.59 Å². The number of hydrogen-bond acceptors (Lipinski definition) is 5. The number of carbonyl (C=O) groups excluding carboxylic acids is 2. The maximum Gasteiger partial charge on any atom is 0.311 e. The zero-order valence-electron chi connectivity index (χ0n) is 12.5. The molecule has 0 aromatic heterocycles. The summed E-state index contributed by atoms with van der Waals surface area (Å²) in [7, 11) is 0. The van der Waals surface area contributed by atoms with Crippen LogP contribution >= 0.6 is 0 Å². The second-order valence-electron chi connectivity index (χ2n) is 5.57. The third kappa shape index (κ3) is 3.69. The first kappa shape index (κ1) is 14.7. The van der Waals surface area contributed by atoms with Crippen molar-refractivity contribution in [3.63, 3.8) is 0 Å². The minimum atomic E-state index is -0.773. The minimum absolute atomic E-state index is 0.0949. The van der Waals surface area contributed by atoms with Crippen LogP contribution in [0, 0.1) is 0 Å². The summed E-state index contributed by atoms with van der Waals surface area (Å²) in [4.78, 5) is 23.7. The molecule has 1 aliphatic carbocycles. The van der Waals surface area contributed by atoms with Crippen molar-refractivity contribution in [1.29, 1.82) is 0 Å². The molecule has 1 aromatic rings. The molecule has 1 atom stereocenters. The third-order valence-electron chi connectivity index (χ3n) is 3.56. The molecule has 118 valence electrons. The molecule has 22 heavy (non-hydrogen) atoms. The maximum absolute atomic E-state index is 11.9. The van der Waals surface area contributed by atoms with Gasteiger partial charge in [-0.25, -0.2) is 0 Å². The highest BCUT2D eigenvalue weighted by molar-refractivity contribution is 5.84. The van der Waals surface area contributed by atoms with Crippen molar-refractivity contribution >= 4 is 11.9 Å². The van der Waals surface area contributed by atoms with Gasteiger partial charge in [-0.15, -0.1) is 0 Å². The average Bonchev–Trinajstić information content (AvgIpc) is 3.31. The molecular weight excluding hydrogens is 286 g/mol. The van der Waals surface area contributed by atoms with Crippen LogP contribution < -0.4 is 14.8 Å². The minimum Gasteiger partial charge on any atom is -0.486 e. The van der Waals surface area contributed by atoms with Gasteiger partial charge in [0.2, 0.25) is 0 Å². The fourth-order valence-corrected chi connectivity index (χ4v) is 2.20. The molecule has 1 aliphatic heterocycles. The number of esters is 1. The van der Waals surface area contributed by atoms with Crippen molar-refractivity contribution in [2.45, 2.75) is 38.3 Å². The first-order chi connectivity index (χ1) is 10.6. The Bertz CT molecular complexity index is 582. The van der Waals surface area contributed by atoms with Crippen molar-refractivity contribution in [2.75, 3.05) is 13.2 Å². The van der Waals surface area contributed by atoms with Crippen LogP contribution in [-0.2, 0) is 20.7 Å². The summed E-state index contributed by atoms with van der Waals surface area (Å²) in [5.41, 5.74) is 0.768. The molecule has 6 nitrogen and oxygen atoms in total. The van der Waals surface area contributed by atoms with Gasteiger partial charge in [-0.05, 0) is 37.5 Å². The monoisotopic (exact) mass is 305 g/mol. The summed E-state index contributed by atoms with van der Waals surface area (Å²) in [5.74, 6) is 0.643. The molecule has 1 aromatic carbocycles. The Balaban J connectivity index is 1.53. The molecule has 0 spiro atoms. The summed E-state index contributed by atoms with van der Waals surface area (Å²) in [5, 5.41) is 2.81. The van der Waals surface area contributed by atoms with Crippen molar-refractivity contribution in [1.82, 2.24) is 5.32 Å². The van der Waals surface area contributed by atoms with Crippen LogP contribution in [0.2, 0.25) is 0 Å². The Morgan fingerprint density at radius 3 is 2.73 bits per heavy atom. The molecule has 1 saturated carbocycles. The molecule has 1 unspecified atom stereocenters. The van der Waals surface area contributed by atoms with E-state index in [1.165, 1.54) is 0 Å². The fourth-order valence-electron chi connectivity index (χ4n) is 2.20. The predicted octanol–water partition coefficient (Wildman–Crippen LogP) is 1.21. The van der Waals surface area contributed by atoms with E-state index >= 15 is 0 Å². The quantitative estimate of drug-likeness (QED) is 0.828. The van der Waals surface area contributed by atoms with Gasteiger partial charge in [0.1, 0.15) is 13.2 Å². The van der Waals surface area contributed by atoms with Crippen LogP contribution in [-0.4, -0.2) is 37.2 Å². The number of benzene rings is 1. The lowest BCUT2D eigenvalue weighted by Crippen LogP contribution is -2.37. The Morgan fingerprint density at radius 2 is 2.00 bits per heavy atom. The Morgan fingerprint density at radius 1 is 1.27 bits per heavy atom. The van der Waals surface area contributed by atoms with Crippen molar-refractivity contribution in [3.05, 3.63) is 23.8 Å². The zero-order valence-corrected chi connectivity index (χ0v) is 12.5. The van der Waals surface area contributed by atoms with Gasteiger partial charge in [0.25, 0.3) is 5.91 Å². The van der Waals surface area contributed by atoms with Crippen molar-refractivity contribution in [2.24, 2.45) is 0 Å². The Labute approximate surface area is 128 Å². The lowest BCUT2D eigenvalue weighted by molar-refractivity contribution is -0.154. The SMILES string of the molecule is CC(OC(=O)Cc1ccc2c(c1)OCCO2)C(=O)NC1CC1.